The van der Waals surface area contributed by atoms with E-state index in [1.165, 1.54) is 10.6 Å². The summed E-state index contributed by atoms with van der Waals surface area (Å²) >= 11 is 0. The molecule has 1 aliphatic rings. The van der Waals surface area contributed by atoms with Crippen LogP contribution in [0.4, 0.5) is 5.95 Å². The Morgan fingerprint density at radius 1 is 0.871 bits per heavy atom. The molecule has 4 aromatic rings. The monoisotopic (exact) mass is 435 g/mol. The van der Waals surface area contributed by atoms with Crippen molar-refractivity contribution >= 4 is 26.9 Å². The zero-order valence-corrected chi connectivity index (χ0v) is 17.6. The predicted molar refractivity (Wildman–Crippen MR) is 118 cm³/mol. The lowest BCUT2D eigenvalue weighted by Gasteiger charge is -2.34. The number of fused-ring (bicyclic) bond motifs is 1. The first kappa shape index (κ1) is 19.7. The van der Waals surface area contributed by atoms with Crippen LogP contribution >= 0.6 is 0 Å². The Morgan fingerprint density at radius 2 is 1.61 bits per heavy atom. The third-order valence-corrected chi connectivity index (χ3v) is 7.19. The Bertz CT molecular complexity index is 1290. The molecule has 3 heterocycles. The van der Waals surface area contributed by atoms with E-state index in [1.807, 2.05) is 59.5 Å². The summed E-state index contributed by atoms with van der Waals surface area (Å²) < 4.78 is 31.7. The second kappa shape index (κ2) is 8.09. The van der Waals surface area contributed by atoms with E-state index >= 15 is 0 Å². The molecule has 158 valence electrons. The first-order valence-corrected chi connectivity index (χ1v) is 11.7. The van der Waals surface area contributed by atoms with Crippen molar-refractivity contribution in [2.24, 2.45) is 0 Å². The lowest BCUT2D eigenvalue weighted by Crippen LogP contribution is -2.49. The van der Waals surface area contributed by atoms with Gasteiger partial charge in [-0.2, -0.15) is 4.31 Å². The standard InChI is InChI=1S/C22H21N5O3S/c28-31(29,16-18-10-15-30-25-18)27-13-11-26(12-14-27)22-23-20-9-5-4-8-19(20)21(24-22)17-6-2-1-3-7-17/h1-10,15H,11-14,16H2. The van der Waals surface area contributed by atoms with Gasteiger partial charge >= 0.3 is 0 Å². The number of nitrogens with zero attached hydrogens (tertiary/aromatic N) is 5. The highest BCUT2D eigenvalue weighted by Gasteiger charge is 2.29. The van der Waals surface area contributed by atoms with Gasteiger partial charge in [0.15, 0.2) is 0 Å². The first-order chi connectivity index (χ1) is 15.1. The molecule has 0 unspecified atom stereocenters. The predicted octanol–water partition coefficient (Wildman–Crippen LogP) is 2.94. The highest BCUT2D eigenvalue weighted by Crippen LogP contribution is 2.28. The summed E-state index contributed by atoms with van der Waals surface area (Å²) in [7, 11) is -3.45. The van der Waals surface area contributed by atoms with Gasteiger partial charge in [0, 0.05) is 43.2 Å². The largest absolute Gasteiger partial charge is 0.364 e. The number of anilines is 1. The molecule has 0 atom stereocenters. The quantitative estimate of drug-likeness (QED) is 0.476. The van der Waals surface area contributed by atoms with Gasteiger partial charge in [0.1, 0.15) is 12.0 Å². The molecule has 1 fully saturated rings. The molecule has 0 N–H and O–H groups in total. The number of para-hydroxylation sites is 1. The molecule has 2 aromatic carbocycles. The normalized spacial score (nSPS) is 15.4. The molecule has 0 aliphatic carbocycles. The maximum atomic E-state index is 12.7. The summed E-state index contributed by atoms with van der Waals surface area (Å²) in [4.78, 5) is 11.7. The summed E-state index contributed by atoms with van der Waals surface area (Å²) in [5.74, 6) is 0.458. The number of sulfonamides is 1. The molecule has 8 nitrogen and oxygen atoms in total. The minimum atomic E-state index is -3.45. The SMILES string of the molecule is O=S(=O)(Cc1ccon1)N1CCN(c2nc(-c3ccccc3)c3ccccc3n2)CC1. The Labute approximate surface area is 180 Å². The first-order valence-electron chi connectivity index (χ1n) is 10.0. The van der Waals surface area contributed by atoms with Crippen molar-refractivity contribution in [3.8, 4) is 11.3 Å². The molecule has 1 saturated heterocycles. The van der Waals surface area contributed by atoms with Gasteiger partial charge in [-0.3, -0.25) is 0 Å². The van der Waals surface area contributed by atoms with Crippen LogP contribution in [0.1, 0.15) is 5.69 Å². The van der Waals surface area contributed by atoms with Gasteiger partial charge in [-0.1, -0.05) is 53.7 Å². The summed E-state index contributed by atoms with van der Waals surface area (Å²) in [6, 6.07) is 19.5. The molecule has 5 rings (SSSR count). The minimum Gasteiger partial charge on any atom is -0.364 e. The fraction of sp³-hybridized carbons (Fsp3) is 0.227. The maximum absolute atomic E-state index is 12.7. The molecular weight excluding hydrogens is 414 g/mol. The van der Waals surface area contributed by atoms with Crippen LogP contribution in [0.3, 0.4) is 0 Å². The Kier molecular flexibility index (Phi) is 5.13. The molecule has 0 radical (unpaired) electrons. The lowest BCUT2D eigenvalue weighted by molar-refractivity contribution is 0.379. The van der Waals surface area contributed by atoms with E-state index in [4.69, 9.17) is 14.5 Å². The lowest BCUT2D eigenvalue weighted by atomic mass is 10.1. The summed E-state index contributed by atoms with van der Waals surface area (Å²) in [5.41, 5.74) is 3.18. The summed E-state index contributed by atoms with van der Waals surface area (Å²) in [5, 5.41) is 4.71. The second-order valence-corrected chi connectivity index (χ2v) is 9.36. The Balaban J connectivity index is 1.40. The molecule has 0 saturated carbocycles. The van der Waals surface area contributed by atoms with Crippen LogP contribution in [0, 0.1) is 0 Å². The van der Waals surface area contributed by atoms with Gasteiger partial charge in [0.05, 0.1) is 16.9 Å². The molecule has 0 spiro atoms. The second-order valence-electron chi connectivity index (χ2n) is 7.39. The van der Waals surface area contributed by atoms with Gasteiger partial charge in [-0.15, -0.1) is 0 Å². The minimum absolute atomic E-state index is 0.159. The Morgan fingerprint density at radius 3 is 2.35 bits per heavy atom. The average molecular weight is 436 g/mol. The Hall–Kier alpha value is -3.30. The number of benzene rings is 2. The van der Waals surface area contributed by atoms with E-state index < -0.39 is 10.0 Å². The van der Waals surface area contributed by atoms with Crippen molar-refractivity contribution in [2.45, 2.75) is 5.75 Å². The molecular formula is C22H21N5O3S. The summed E-state index contributed by atoms with van der Waals surface area (Å²) in [6.07, 6.45) is 1.38. The number of aromatic nitrogens is 3. The van der Waals surface area contributed by atoms with Gasteiger partial charge in [0.25, 0.3) is 0 Å². The van der Waals surface area contributed by atoms with Crippen molar-refractivity contribution < 1.29 is 12.9 Å². The zero-order valence-electron chi connectivity index (χ0n) is 16.8. The van der Waals surface area contributed by atoms with Crippen LogP contribution in [-0.2, 0) is 15.8 Å². The number of hydrogen-bond acceptors (Lipinski definition) is 7. The fourth-order valence-electron chi connectivity index (χ4n) is 3.78. The van der Waals surface area contributed by atoms with Gasteiger partial charge < -0.3 is 9.42 Å². The number of hydrogen-bond donors (Lipinski definition) is 0. The van der Waals surface area contributed by atoms with Crippen LogP contribution in [0.2, 0.25) is 0 Å². The number of piperazine rings is 1. The van der Waals surface area contributed by atoms with Gasteiger partial charge in [-0.05, 0) is 6.07 Å². The number of rotatable bonds is 5. The van der Waals surface area contributed by atoms with Gasteiger partial charge in [0.2, 0.25) is 16.0 Å². The molecule has 0 amide bonds. The van der Waals surface area contributed by atoms with Gasteiger partial charge in [-0.25, -0.2) is 18.4 Å². The molecule has 0 bridgehead atoms. The summed E-state index contributed by atoms with van der Waals surface area (Å²) in [6.45, 7) is 1.78. The topological polar surface area (TPSA) is 92.4 Å². The van der Waals surface area contributed by atoms with E-state index in [0.717, 1.165) is 22.2 Å². The molecule has 9 heteroatoms. The van der Waals surface area contributed by atoms with E-state index in [9.17, 15) is 8.42 Å². The van der Waals surface area contributed by atoms with Crippen LogP contribution < -0.4 is 4.90 Å². The van der Waals surface area contributed by atoms with Crippen molar-refractivity contribution in [3.63, 3.8) is 0 Å². The van der Waals surface area contributed by atoms with E-state index in [-0.39, 0.29) is 5.75 Å². The zero-order chi connectivity index (χ0) is 21.3. The van der Waals surface area contributed by atoms with Crippen molar-refractivity contribution in [2.75, 3.05) is 31.1 Å². The van der Waals surface area contributed by atoms with E-state index in [2.05, 4.69) is 5.16 Å². The molecule has 2 aromatic heterocycles. The highest BCUT2D eigenvalue weighted by molar-refractivity contribution is 7.88. The van der Waals surface area contributed by atoms with Crippen LogP contribution in [0.5, 0.6) is 0 Å². The third-order valence-electron chi connectivity index (χ3n) is 5.38. The van der Waals surface area contributed by atoms with Crippen molar-refractivity contribution in [3.05, 3.63) is 72.6 Å². The third kappa shape index (κ3) is 4.01. The highest BCUT2D eigenvalue weighted by atomic mass is 32.2. The molecule has 31 heavy (non-hydrogen) atoms. The average Bonchev–Trinajstić information content (AvgIpc) is 3.31. The smallest absolute Gasteiger partial charge is 0.226 e. The van der Waals surface area contributed by atoms with Crippen LogP contribution in [0.15, 0.2) is 71.4 Å². The fourth-order valence-corrected chi connectivity index (χ4v) is 5.20. The maximum Gasteiger partial charge on any atom is 0.226 e. The van der Waals surface area contributed by atoms with Crippen LogP contribution in [-0.4, -0.2) is 54.0 Å². The molecule has 1 aliphatic heterocycles. The van der Waals surface area contributed by atoms with Crippen molar-refractivity contribution in [1.82, 2.24) is 19.4 Å². The van der Waals surface area contributed by atoms with E-state index in [0.29, 0.717) is 37.8 Å². The van der Waals surface area contributed by atoms with E-state index in [1.54, 1.807) is 6.07 Å². The van der Waals surface area contributed by atoms with Crippen LogP contribution in [0.25, 0.3) is 22.2 Å². The van der Waals surface area contributed by atoms with Crippen molar-refractivity contribution in [1.29, 1.82) is 0 Å².